The third-order valence-corrected chi connectivity index (χ3v) is 2.27. The predicted octanol–water partition coefficient (Wildman–Crippen LogP) is 3.62. The Hall–Kier alpha value is -1.52. The van der Waals surface area contributed by atoms with E-state index in [2.05, 4.69) is 0 Å². The topological polar surface area (TPSA) is 26.3 Å². The number of carbonyl (C=O) groups is 1. The first-order valence-electron chi connectivity index (χ1n) is 5.13. The second kappa shape index (κ2) is 4.77. The van der Waals surface area contributed by atoms with Crippen molar-refractivity contribution in [3.63, 3.8) is 0 Å². The number of hydrogen-bond acceptors (Lipinski definition) is 2. The van der Waals surface area contributed by atoms with Gasteiger partial charge in [-0.3, -0.25) is 4.79 Å². The number of carbonyl (C=O) groups excluding carboxylic acids is 1. The summed E-state index contributed by atoms with van der Waals surface area (Å²) < 4.78 is 42.9. The van der Waals surface area contributed by atoms with Crippen LogP contribution in [-0.2, 0) is 6.18 Å². The van der Waals surface area contributed by atoms with Gasteiger partial charge >= 0.3 is 6.18 Å². The fourth-order valence-electron chi connectivity index (χ4n) is 1.54. The van der Waals surface area contributed by atoms with Crippen LogP contribution < -0.4 is 4.74 Å². The van der Waals surface area contributed by atoms with Crippen molar-refractivity contribution < 1.29 is 22.7 Å². The fraction of sp³-hybridized carbons (Fsp3) is 0.417. The summed E-state index contributed by atoms with van der Waals surface area (Å²) in [5.41, 5.74) is -0.547. The number of benzene rings is 1. The molecule has 0 fully saturated rings. The molecule has 1 rings (SSSR count). The first kappa shape index (κ1) is 13.5. The van der Waals surface area contributed by atoms with E-state index in [0.29, 0.717) is 12.2 Å². The third kappa shape index (κ3) is 2.99. The molecule has 0 N–H and O–H groups in total. The van der Waals surface area contributed by atoms with Gasteiger partial charge in [-0.1, -0.05) is 0 Å². The molecule has 0 spiro atoms. The Balaban J connectivity index is 3.41. The van der Waals surface area contributed by atoms with Crippen LogP contribution in [-0.4, -0.2) is 12.4 Å². The van der Waals surface area contributed by atoms with Gasteiger partial charge in [0.1, 0.15) is 5.75 Å². The zero-order valence-corrected chi connectivity index (χ0v) is 9.81. The van der Waals surface area contributed by atoms with E-state index in [-0.39, 0.29) is 11.3 Å². The van der Waals surface area contributed by atoms with Gasteiger partial charge < -0.3 is 4.74 Å². The molecule has 17 heavy (non-hydrogen) atoms. The van der Waals surface area contributed by atoms with Gasteiger partial charge in [-0.2, -0.15) is 13.2 Å². The Kier molecular flexibility index (Phi) is 3.80. The van der Waals surface area contributed by atoms with Crippen LogP contribution in [0.2, 0.25) is 0 Å². The van der Waals surface area contributed by atoms with Crippen LogP contribution in [0.25, 0.3) is 0 Å². The molecule has 94 valence electrons. The molecular weight excluding hydrogens is 233 g/mol. The van der Waals surface area contributed by atoms with Crippen molar-refractivity contribution in [3.05, 3.63) is 28.8 Å². The summed E-state index contributed by atoms with van der Waals surface area (Å²) in [5.74, 6) is -0.212. The molecule has 5 heteroatoms. The molecule has 1 aromatic carbocycles. The van der Waals surface area contributed by atoms with E-state index < -0.39 is 17.5 Å². The average molecular weight is 246 g/mol. The summed E-state index contributed by atoms with van der Waals surface area (Å²) in [6.07, 6.45) is -4.46. The number of halogens is 3. The largest absolute Gasteiger partial charge is 0.493 e. The number of ether oxygens (including phenoxy) is 1. The van der Waals surface area contributed by atoms with E-state index in [1.165, 1.54) is 13.8 Å². The van der Waals surface area contributed by atoms with Gasteiger partial charge in [0, 0.05) is 0 Å². The summed E-state index contributed by atoms with van der Waals surface area (Å²) >= 11 is 0. The first-order valence-corrected chi connectivity index (χ1v) is 5.13. The van der Waals surface area contributed by atoms with Crippen LogP contribution in [0.4, 0.5) is 13.2 Å². The standard InChI is InChI=1S/C12H13F3O2/c1-4-17-11-7(2)5-9(12(13,14)15)6-10(11)8(3)16/h5-6H,4H2,1-3H3. The molecule has 0 saturated carbocycles. The predicted molar refractivity (Wildman–Crippen MR) is 57.4 cm³/mol. The Morgan fingerprint density at radius 1 is 1.35 bits per heavy atom. The van der Waals surface area contributed by atoms with E-state index in [4.69, 9.17) is 4.74 Å². The van der Waals surface area contributed by atoms with Gasteiger partial charge in [0.2, 0.25) is 0 Å². The number of Topliss-reactive ketones (excluding diaryl/α,β-unsaturated/α-hetero) is 1. The van der Waals surface area contributed by atoms with E-state index >= 15 is 0 Å². The summed E-state index contributed by atoms with van der Waals surface area (Å²) in [4.78, 5) is 11.3. The Morgan fingerprint density at radius 3 is 2.35 bits per heavy atom. The summed E-state index contributed by atoms with van der Waals surface area (Å²) in [6, 6.07) is 1.82. The van der Waals surface area contributed by atoms with Gasteiger partial charge in [0.05, 0.1) is 17.7 Å². The lowest BCUT2D eigenvalue weighted by atomic mass is 10.0. The highest BCUT2D eigenvalue weighted by molar-refractivity contribution is 5.97. The number of rotatable bonds is 3. The summed E-state index contributed by atoms with van der Waals surface area (Å²) in [5, 5.41) is 0. The molecule has 0 bridgehead atoms. The number of ketones is 1. The van der Waals surface area contributed by atoms with Crippen molar-refractivity contribution in [2.45, 2.75) is 26.9 Å². The van der Waals surface area contributed by atoms with Crippen molar-refractivity contribution >= 4 is 5.78 Å². The van der Waals surface area contributed by atoms with E-state index in [0.717, 1.165) is 12.1 Å². The van der Waals surface area contributed by atoms with Crippen LogP contribution in [0.3, 0.4) is 0 Å². The molecule has 0 aliphatic carbocycles. The second-order valence-corrected chi connectivity index (χ2v) is 3.66. The Morgan fingerprint density at radius 2 is 1.94 bits per heavy atom. The molecule has 1 aromatic rings. The fourth-order valence-corrected chi connectivity index (χ4v) is 1.54. The molecule has 0 atom stereocenters. The molecule has 0 saturated heterocycles. The SMILES string of the molecule is CCOc1c(C)cc(C(F)(F)F)cc1C(C)=O. The molecular formula is C12H13F3O2. The molecule has 0 aliphatic rings. The monoisotopic (exact) mass is 246 g/mol. The smallest absolute Gasteiger partial charge is 0.416 e. The van der Waals surface area contributed by atoms with Gasteiger partial charge in [0.15, 0.2) is 5.78 Å². The van der Waals surface area contributed by atoms with Crippen LogP contribution in [0.1, 0.15) is 35.3 Å². The maximum absolute atomic E-state index is 12.6. The van der Waals surface area contributed by atoms with Crippen LogP contribution >= 0.6 is 0 Å². The van der Waals surface area contributed by atoms with E-state index in [9.17, 15) is 18.0 Å². The third-order valence-electron chi connectivity index (χ3n) is 2.27. The highest BCUT2D eigenvalue weighted by Gasteiger charge is 2.32. The van der Waals surface area contributed by atoms with Crippen molar-refractivity contribution in [2.24, 2.45) is 0 Å². The van der Waals surface area contributed by atoms with Crippen molar-refractivity contribution in [3.8, 4) is 5.75 Å². The van der Waals surface area contributed by atoms with Gasteiger partial charge in [-0.15, -0.1) is 0 Å². The molecule has 2 nitrogen and oxygen atoms in total. The zero-order valence-electron chi connectivity index (χ0n) is 9.81. The number of aryl methyl sites for hydroxylation is 1. The lowest BCUT2D eigenvalue weighted by molar-refractivity contribution is -0.137. The molecule has 0 aromatic heterocycles. The zero-order chi connectivity index (χ0) is 13.2. The van der Waals surface area contributed by atoms with Crippen molar-refractivity contribution in [1.82, 2.24) is 0 Å². The molecule has 0 heterocycles. The second-order valence-electron chi connectivity index (χ2n) is 3.66. The maximum Gasteiger partial charge on any atom is 0.416 e. The summed E-state index contributed by atoms with van der Waals surface area (Å²) in [6.45, 7) is 4.72. The molecule has 0 unspecified atom stereocenters. The van der Waals surface area contributed by atoms with E-state index in [1.807, 2.05) is 0 Å². The minimum absolute atomic E-state index is 0.0285. The molecule has 0 aliphatic heterocycles. The Labute approximate surface area is 97.4 Å². The van der Waals surface area contributed by atoms with Crippen LogP contribution in [0.15, 0.2) is 12.1 Å². The van der Waals surface area contributed by atoms with Crippen molar-refractivity contribution in [2.75, 3.05) is 6.61 Å². The van der Waals surface area contributed by atoms with Gasteiger partial charge in [-0.05, 0) is 38.5 Å². The van der Waals surface area contributed by atoms with Crippen LogP contribution in [0.5, 0.6) is 5.75 Å². The molecule has 0 amide bonds. The minimum Gasteiger partial charge on any atom is -0.493 e. The number of hydrogen-bond donors (Lipinski definition) is 0. The van der Waals surface area contributed by atoms with Crippen molar-refractivity contribution in [1.29, 1.82) is 0 Å². The van der Waals surface area contributed by atoms with E-state index in [1.54, 1.807) is 6.92 Å². The highest BCUT2D eigenvalue weighted by atomic mass is 19.4. The maximum atomic E-state index is 12.6. The molecule has 0 radical (unpaired) electrons. The van der Waals surface area contributed by atoms with Gasteiger partial charge in [-0.25, -0.2) is 0 Å². The highest BCUT2D eigenvalue weighted by Crippen LogP contribution is 2.35. The van der Waals surface area contributed by atoms with Gasteiger partial charge in [0.25, 0.3) is 0 Å². The summed E-state index contributed by atoms with van der Waals surface area (Å²) in [7, 11) is 0. The minimum atomic E-state index is -4.46. The lowest BCUT2D eigenvalue weighted by Crippen LogP contribution is -2.10. The normalized spacial score (nSPS) is 11.4. The number of alkyl halides is 3. The average Bonchev–Trinajstić information content (AvgIpc) is 2.18. The first-order chi connectivity index (χ1) is 7.77. The Bertz CT molecular complexity index is 436. The quantitative estimate of drug-likeness (QED) is 0.761. The lowest BCUT2D eigenvalue weighted by Gasteiger charge is -2.15. The van der Waals surface area contributed by atoms with Crippen LogP contribution in [0, 0.1) is 6.92 Å².